The van der Waals surface area contributed by atoms with E-state index in [0.717, 1.165) is 0 Å². The van der Waals surface area contributed by atoms with Gasteiger partial charge in [-0.15, -0.1) is 0 Å². The van der Waals surface area contributed by atoms with Crippen LogP contribution in [-0.4, -0.2) is 53.9 Å². The zero-order valence-corrected chi connectivity index (χ0v) is 17.5. The molecule has 2 bridgehead atoms. The Hall–Kier alpha value is -1.96. The van der Waals surface area contributed by atoms with E-state index in [0.29, 0.717) is 37.0 Å². The molecule has 0 amide bonds. The monoisotopic (exact) mass is 406 g/mol. The van der Waals surface area contributed by atoms with E-state index >= 15 is 0 Å². The quantitative estimate of drug-likeness (QED) is 0.426. The number of ether oxygens (including phenoxy) is 4. The number of carbonyl (C=O) groups excluding carboxylic acids is 2. The first-order valence-corrected chi connectivity index (χ1v) is 10.1. The van der Waals surface area contributed by atoms with Crippen molar-refractivity contribution in [1.82, 2.24) is 0 Å². The lowest BCUT2D eigenvalue weighted by atomic mass is 9.81. The van der Waals surface area contributed by atoms with Gasteiger partial charge in [-0.3, -0.25) is 0 Å². The third-order valence-corrected chi connectivity index (χ3v) is 6.11. The summed E-state index contributed by atoms with van der Waals surface area (Å²) in [5, 5.41) is 10.1. The van der Waals surface area contributed by atoms with E-state index in [1.54, 1.807) is 26.0 Å². The Labute approximate surface area is 171 Å². The van der Waals surface area contributed by atoms with Crippen LogP contribution in [0.1, 0.15) is 47.0 Å². The van der Waals surface area contributed by atoms with E-state index in [2.05, 4.69) is 6.58 Å². The fourth-order valence-electron chi connectivity index (χ4n) is 4.42. The Morgan fingerprint density at radius 2 is 2.17 bits per heavy atom. The van der Waals surface area contributed by atoms with Gasteiger partial charge in [0.1, 0.15) is 12.2 Å². The van der Waals surface area contributed by atoms with Gasteiger partial charge >= 0.3 is 11.9 Å². The smallest absolute Gasteiger partial charge is 0.334 e. The summed E-state index contributed by atoms with van der Waals surface area (Å²) in [7, 11) is 0. The van der Waals surface area contributed by atoms with E-state index in [4.69, 9.17) is 18.9 Å². The summed E-state index contributed by atoms with van der Waals surface area (Å²) in [6, 6.07) is 0. The summed E-state index contributed by atoms with van der Waals surface area (Å²) in [6.07, 6.45) is 3.52. The normalized spacial score (nSPS) is 37.2. The molecule has 0 aromatic heterocycles. The van der Waals surface area contributed by atoms with E-state index in [9.17, 15) is 14.7 Å². The number of allylic oxidation sites excluding steroid dienone is 1. The van der Waals surface area contributed by atoms with Gasteiger partial charge < -0.3 is 24.1 Å². The lowest BCUT2D eigenvalue weighted by Crippen LogP contribution is -2.41. The minimum absolute atomic E-state index is 0.256. The Kier molecular flexibility index (Phi) is 6.03. The third kappa shape index (κ3) is 3.91. The summed E-state index contributed by atoms with van der Waals surface area (Å²) in [5.74, 6) is -2.62. The molecule has 2 fully saturated rings. The van der Waals surface area contributed by atoms with Gasteiger partial charge in [0.25, 0.3) is 0 Å². The number of hydrogen-bond donors (Lipinski definition) is 1. The minimum Gasteiger partial charge on any atom is -0.458 e. The molecule has 7 nitrogen and oxygen atoms in total. The third-order valence-electron chi connectivity index (χ3n) is 6.11. The molecule has 0 saturated carbocycles. The molecule has 0 radical (unpaired) electrons. The van der Waals surface area contributed by atoms with Crippen LogP contribution in [0.5, 0.6) is 0 Å². The molecule has 160 valence electrons. The van der Waals surface area contributed by atoms with Gasteiger partial charge in [-0.25, -0.2) is 9.59 Å². The van der Waals surface area contributed by atoms with Crippen molar-refractivity contribution in [3.8, 4) is 0 Å². The van der Waals surface area contributed by atoms with E-state index in [1.165, 1.54) is 0 Å². The zero-order valence-electron chi connectivity index (χ0n) is 17.5. The van der Waals surface area contributed by atoms with Crippen LogP contribution >= 0.6 is 0 Å². The number of esters is 2. The van der Waals surface area contributed by atoms with Crippen molar-refractivity contribution in [1.29, 1.82) is 0 Å². The molecule has 3 aliphatic heterocycles. The Morgan fingerprint density at radius 3 is 2.79 bits per heavy atom. The van der Waals surface area contributed by atoms with Crippen molar-refractivity contribution in [2.45, 2.75) is 70.6 Å². The average molecular weight is 406 g/mol. The van der Waals surface area contributed by atoms with E-state index in [1.807, 2.05) is 13.8 Å². The number of fused-ring (bicyclic) bond motifs is 3. The molecule has 0 aliphatic carbocycles. The molecular formula is C22H30O7. The van der Waals surface area contributed by atoms with Crippen LogP contribution in [-0.2, 0) is 28.5 Å². The second kappa shape index (κ2) is 8.05. The van der Waals surface area contributed by atoms with Crippen molar-refractivity contribution in [2.24, 2.45) is 5.92 Å². The summed E-state index contributed by atoms with van der Waals surface area (Å²) >= 11 is 0. The lowest BCUT2D eigenvalue weighted by Gasteiger charge is -2.35. The van der Waals surface area contributed by atoms with Gasteiger partial charge in [0.05, 0.1) is 18.1 Å². The summed E-state index contributed by atoms with van der Waals surface area (Å²) in [6.45, 7) is 11.2. The van der Waals surface area contributed by atoms with Crippen LogP contribution in [0.25, 0.3) is 0 Å². The van der Waals surface area contributed by atoms with Crippen molar-refractivity contribution < 1.29 is 33.6 Å². The van der Waals surface area contributed by atoms with Crippen molar-refractivity contribution >= 4 is 11.9 Å². The molecule has 0 aromatic carbocycles. The van der Waals surface area contributed by atoms with Gasteiger partial charge in [-0.1, -0.05) is 12.7 Å². The van der Waals surface area contributed by atoms with Crippen LogP contribution in [0.4, 0.5) is 0 Å². The predicted octanol–water partition coefficient (Wildman–Crippen LogP) is 2.59. The SMILES string of the molecule is C=C1C(=O)OC2C=C(CO)C3(OCC)CCC(C)(CC(OC(=O)C(C)=CC)C12)O3. The van der Waals surface area contributed by atoms with E-state index < -0.39 is 41.5 Å². The van der Waals surface area contributed by atoms with Gasteiger partial charge in [0, 0.05) is 36.2 Å². The van der Waals surface area contributed by atoms with Crippen molar-refractivity contribution in [3.05, 3.63) is 35.5 Å². The van der Waals surface area contributed by atoms with Crippen LogP contribution in [0.15, 0.2) is 35.5 Å². The average Bonchev–Trinajstić information content (AvgIpc) is 3.16. The highest BCUT2D eigenvalue weighted by Crippen LogP contribution is 2.49. The lowest BCUT2D eigenvalue weighted by molar-refractivity contribution is -0.231. The number of rotatable bonds is 5. The van der Waals surface area contributed by atoms with Crippen LogP contribution in [0.3, 0.4) is 0 Å². The molecule has 29 heavy (non-hydrogen) atoms. The minimum atomic E-state index is -1.09. The highest BCUT2D eigenvalue weighted by molar-refractivity contribution is 5.92. The molecule has 3 rings (SSSR count). The Balaban J connectivity index is 2.07. The molecule has 2 saturated heterocycles. The molecule has 0 spiro atoms. The second-order valence-electron chi connectivity index (χ2n) is 8.13. The van der Waals surface area contributed by atoms with Crippen LogP contribution in [0, 0.1) is 5.92 Å². The zero-order chi connectivity index (χ0) is 21.4. The highest BCUT2D eigenvalue weighted by Gasteiger charge is 2.55. The second-order valence-corrected chi connectivity index (χ2v) is 8.13. The van der Waals surface area contributed by atoms with Crippen molar-refractivity contribution in [3.63, 3.8) is 0 Å². The summed E-state index contributed by atoms with van der Waals surface area (Å²) in [5.41, 5.74) is 0.576. The predicted molar refractivity (Wildman–Crippen MR) is 105 cm³/mol. The largest absolute Gasteiger partial charge is 0.458 e. The number of hydrogen-bond acceptors (Lipinski definition) is 7. The fraction of sp³-hybridized carbons (Fsp3) is 0.636. The maximum absolute atomic E-state index is 12.5. The molecule has 5 atom stereocenters. The summed E-state index contributed by atoms with van der Waals surface area (Å²) in [4.78, 5) is 24.8. The first kappa shape index (κ1) is 21.7. The first-order valence-electron chi connectivity index (χ1n) is 10.1. The maximum Gasteiger partial charge on any atom is 0.334 e. The molecule has 7 heteroatoms. The van der Waals surface area contributed by atoms with E-state index in [-0.39, 0.29) is 12.2 Å². The molecule has 3 heterocycles. The molecule has 3 aliphatic rings. The van der Waals surface area contributed by atoms with Crippen LogP contribution < -0.4 is 0 Å². The molecule has 5 unspecified atom stereocenters. The van der Waals surface area contributed by atoms with Gasteiger partial charge in [-0.05, 0) is 40.2 Å². The van der Waals surface area contributed by atoms with Gasteiger partial charge in [-0.2, -0.15) is 0 Å². The highest BCUT2D eigenvalue weighted by atomic mass is 16.7. The Bertz CT molecular complexity index is 767. The topological polar surface area (TPSA) is 91.3 Å². The van der Waals surface area contributed by atoms with Gasteiger partial charge in [0.15, 0.2) is 5.79 Å². The summed E-state index contributed by atoms with van der Waals surface area (Å²) < 4.78 is 23.7. The number of aliphatic hydroxyl groups is 1. The molecule has 0 aromatic rings. The first-order chi connectivity index (χ1) is 13.7. The van der Waals surface area contributed by atoms with Gasteiger partial charge in [0.2, 0.25) is 0 Å². The number of aliphatic hydroxyl groups excluding tert-OH is 1. The van der Waals surface area contributed by atoms with Crippen LogP contribution in [0.2, 0.25) is 0 Å². The molecular weight excluding hydrogens is 376 g/mol. The fourth-order valence-corrected chi connectivity index (χ4v) is 4.42. The van der Waals surface area contributed by atoms with Crippen molar-refractivity contribution in [2.75, 3.05) is 13.2 Å². The Morgan fingerprint density at radius 1 is 1.45 bits per heavy atom. The molecule has 1 N–H and O–H groups in total. The maximum atomic E-state index is 12.5. The standard InChI is InChI=1S/C22H30O7/c1-6-13(3)19(24)28-17-11-21(5)8-9-22(29-21,26-7-2)15(12-23)10-16-18(17)14(4)20(25)27-16/h6,10,16-18,23H,4,7-9,11-12H2,1-3,5H3. The number of carbonyl (C=O) groups is 2.